The third kappa shape index (κ3) is 4.43. The third-order valence-electron chi connectivity index (χ3n) is 3.95. The maximum atomic E-state index is 12.1. The molecule has 0 saturated carbocycles. The maximum absolute atomic E-state index is 12.1. The molecular weight excluding hydrogens is 346 g/mol. The summed E-state index contributed by atoms with van der Waals surface area (Å²) in [5.41, 5.74) is 1.17. The van der Waals surface area contributed by atoms with E-state index in [0.717, 1.165) is 42.6 Å². The number of aromatic nitrogens is 2. The van der Waals surface area contributed by atoms with Gasteiger partial charge in [-0.2, -0.15) is 0 Å². The molecule has 2 heterocycles. The number of piperazine rings is 1. The molecule has 1 N–H and O–H groups in total. The number of carbonyl (C=O) groups excluding carboxylic acids is 1. The average molecular weight is 366 g/mol. The fourth-order valence-corrected chi connectivity index (χ4v) is 3.45. The quantitative estimate of drug-likeness (QED) is 0.882. The molecule has 0 radical (unpaired) electrons. The lowest BCUT2D eigenvalue weighted by Crippen LogP contribution is -2.48. The van der Waals surface area contributed by atoms with Gasteiger partial charge < -0.3 is 4.90 Å². The Kier molecular flexibility index (Phi) is 5.65. The summed E-state index contributed by atoms with van der Waals surface area (Å²) in [6.45, 7) is 5.90. The zero-order valence-electron chi connectivity index (χ0n) is 13.5. The van der Waals surface area contributed by atoms with Crippen LogP contribution in [0.5, 0.6) is 0 Å². The summed E-state index contributed by atoms with van der Waals surface area (Å²) in [6.07, 6.45) is 0.834. The van der Waals surface area contributed by atoms with E-state index in [-0.39, 0.29) is 5.91 Å². The predicted molar refractivity (Wildman–Crippen MR) is 98.0 cm³/mol. The summed E-state index contributed by atoms with van der Waals surface area (Å²) < 4.78 is 0. The lowest BCUT2D eigenvalue weighted by atomic mass is 10.2. The second-order valence-electron chi connectivity index (χ2n) is 5.64. The van der Waals surface area contributed by atoms with E-state index in [1.165, 1.54) is 17.0 Å². The molecule has 1 saturated heterocycles. The van der Waals surface area contributed by atoms with Crippen LogP contribution >= 0.6 is 22.9 Å². The third-order valence-corrected chi connectivity index (χ3v) is 5.18. The van der Waals surface area contributed by atoms with Crippen molar-refractivity contribution in [3.05, 3.63) is 34.3 Å². The molecule has 0 bridgehead atoms. The predicted octanol–water partition coefficient (Wildman–Crippen LogP) is 2.51. The van der Waals surface area contributed by atoms with Crippen LogP contribution in [0.3, 0.4) is 0 Å². The van der Waals surface area contributed by atoms with Crippen molar-refractivity contribution in [1.29, 1.82) is 0 Å². The number of benzene rings is 1. The standard InChI is InChI=1S/C16H20ClN5OS/c1-2-15-19-20-16(24-15)18-14(23)11-21-7-9-22(10-8-21)13-5-3-12(17)4-6-13/h3-6H,2,7-11H2,1H3,(H,18,20,23). The Hall–Kier alpha value is -1.70. The Morgan fingerprint density at radius 2 is 1.92 bits per heavy atom. The summed E-state index contributed by atoms with van der Waals surface area (Å²) in [4.78, 5) is 16.6. The molecule has 3 rings (SSSR count). The SMILES string of the molecule is CCc1nnc(NC(=O)CN2CCN(c3ccc(Cl)cc3)CC2)s1. The number of rotatable bonds is 5. The normalized spacial score (nSPS) is 15.5. The Morgan fingerprint density at radius 1 is 1.21 bits per heavy atom. The van der Waals surface area contributed by atoms with Crippen molar-refractivity contribution in [2.24, 2.45) is 0 Å². The van der Waals surface area contributed by atoms with Gasteiger partial charge in [0.25, 0.3) is 0 Å². The van der Waals surface area contributed by atoms with Crippen molar-refractivity contribution >= 4 is 39.7 Å². The maximum Gasteiger partial charge on any atom is 0.240 e. The number of halogens is 1. The van der Waals surface area contributed by atoms with Crippen LogP contribution < -0.4 is 10.2 Å². The summed E-state index contributed by atoms with van der Waals surface area (Å²) >= 11 is 7.36. The van der Waals surface area contributed by atoms with Crippen LogP contribution in [0.25, 0.3) is 0 Å². The number of nitrogens with zero attached hydrogens (tertiary/aromatic N) is 4. The fourth-order valence-electron chi connectivity index (χ4n) is 2.62. The van der Waals surface area contributed by atoms with Gasteiger partial charge in [0.05, 0.1) is 6.54 Å². The van der Waals surface area contributed by atoms with E-state index in [9.17, 15) is 4.79 Å². The number of amides is 1. The monoisotopic (exact) mass is 365 g/mol. The number of hydrogen-bond acceptors (Lipinski definition) is 6. The minimum absolute atomic E-state index is 0.0336. The van der Waals surface area contributed by atoms with Crippen LogP contribution in [0.1, 0.15) is 11.9 Å². The Bertz CT molecular complexity index is 682. The number of aryl methyl sites for hydroxylation is 1. The number of nitrogens with one attached hydrogen (secondary N) is 1. The number of anilines is 2. The van der Waals surface area contributed by atoms with Gasteiger partial charge in [0, 0.05) is 36.9 Å². The van der Waals surface area contributed by atoms with E-state index in [0.29, 0.717) is 11.7 Å². The summed E-state index contributed by atoms with van der Waals surface area (Å²) in [5, 5.41) is 13.1. The second kappa shape index (κ2) is 7.92. The largest absolute Gasteiger partial charge is 0.369 e. The smallest absolute Gasteiger partial charge is 0.240 e. The molecule has 24 heavy (non-hydrogen) atoms. The Balaban J connectivity index is 1.46. The van der Waals surface area contributed by atoms with Crippen molar-refractivity contribution in [3.63, 3.8) is 0 Å². The molecule has 0 unspecified atom stereocenters. The molecule has 0 aliphatic carbocycles. The first-order chi connectivity index (χ1) is 11.6. The molecule has 128 valence electrons. The lowest BCUT2D eigenvalue weighted by Gasteiger charge is -2.35. The van der Waals surface area contributed by atoms with E-state index in [1.54, 1.807) is 0 Å². The van der Waals surface area contributed by atoms with Crippen LogP contribution in [0.2, 0.25) is 5.02 Å². The molecule has 0 atom stereocenters. The summed E-state index contributed by atoms with van der Waals surface area (Å²) in [7, 11) is 0. The molecule has 1 aromatic heterocycles. The minimum atomic E-state index is -0.0336. The van der Waals surface area contributed by atoms with E-state index < -0.39 is 0 Å². The van der Waals surface area contributed by atoms with Crippen LogP contribution in [-0.4, -0.2) is 53.7 Å². The van der Waals surface area contributed by atoms with Crippen LogP contribution in [0.15, 0.2) is 24.3 Å². The van der Waals surface area contributed by atoms with E-state index in [4.69, 9.17) is 11.6 Å². The summed E-state index contributed by atoms with van der Waals surface area (Å²) in [6, 6.07) is 7.88. The summed E-state index contributed by atoms with van der Waals surface area (Å²) in [5.74, 6) is -0.0336. The van der Waals surface area contributed by atoms with Crippen molar-refractivity contribution in [2.75, 3.05) is 42.9 Å². The van der Waals surface area contributed by atoms with Gasteiger partial charge in [-0.3, -0.25) is 15.0 Å². The molecule has 1 fully saturated rings. The van der Waals surface area contributed by atoms with Gasteiger partial charge in [-0.05, 0) is 30.7 Å². The molecule has 6 nitrogen and oxygen atoms in total. The van der Waals surface area contributed by atoms with Gasteiger partial charge in [0.1, 0.15) is 5.01 Å². The average Bonchev–Trinajstić information content (AvgIpc) is 3.04. The molecule has 1 amide bonds. The second-order valence-corrected chi connectivity index (χ2v) is 7.14. The molecule has 2 aromatic rings. The number of carbonyl (C=O) groups is 1. The van der Waals surface area contributed by atoms with Crippen LogP contribution in [-0.2, 0) is 11.2 Å². The molecule has 8 heteroatoms. The van der Waals surface area contributed by atoms with Crippen LogP contribution in [0, 0.1) is 0 Å². The van der Waals surface area contributed by atoms with E-state index in [2.05, 4.69) is 25.3 Å². The molecule has 1 aromatic carbocycles. The fraction of sp³-hybridized carbons (Fsp3) is 0.438. The first-order valence-corrected chi connectivity index (χ1v) is 9.18. The Morgan fingerprint density at radius 3 is 2.54 bits per heavy atom. The topological polar surface area (TPSA) is 61.4 Å². The first-order valence-electron chi connectivity index (χ1n) is 7.99. The molecule has 1 aliphatic heterocycles. The van der Waals surface area contributed by atoms with Crippen molar-refractivity contribution < 1.29 is 4.79 Å². The lowest BCUT2D eigenvalue weighted by molar-refractivity contribution is -0.117. The highest BCUT2D eigenvalue weighted by Crippen LogP contribution is 2.19. The van der Waals surface area contributed by atoms with E-state index >= 15 is 0 Å². The van der Waals surface area contributed by atoms with Crippen molar-refractivity contribution in [2.45, 2.75) is 13.3 Å². The highest BCUT2D eigenvalue weighted by atomic mass is 35.5. The molecule has 1 aliphatic rings. The van der Waals surface area contributed by atoms with Gasteiger partial charge in [-0.15, -0.1) is 10.2 Å². The van der Waals surface area contributed by atoms with Gasteiger partial charge in [0.2, 0.25) is 11.0 Å². The van der Waals surface area contributed by atoms with E-state index in [1.807, 2.05) is 31.2 Å². The van der Waals surface area contributed by atoms with Crippen LogP contribution in [0.4, 0.5) is 10.8 Å². The molecule has 0 spiro atoms. The zero-order valence-corrected chi connectivity index (χ0v) is 15.1. The van der Waals surface area contributed by atoms with Gasteiger partial charge in [0.15, 0.2) is 0 Å². The highest BCUT2D eigenvalue weighted by molar-refractivity contribution is 7.15. The first kappa shape index (κ1) is 17.1. The minimum Gasteiger partial charge on any atom is -0.369 e. The van der Waals surface area contributed by atoms with Crippen molar-refractivity contribution in [3.8, 4) is 0 Å². The zero-order chi connectivity index (χ0) is 16.9. The van der Waals surface area contributed by atoms with Gasteiger partial charge in [-0.1, -0.05) is 29.9 Å². The van der Waals surface area contributed by atoms with Gasteiger partial charge in [-0.25, -0.2) is 0 Å². The van der Waals surface area contributed by atoms with Gasteiger partial charge >= 0.3 is 0 Å². The van der Waals surface area contributed by atoms with Crippen molar-refractivity contribution in [1.82, 2.24) is 15.1 Å². The highest BCUT2D eigenvalue weighted by Gasteiger charge is 2.19. The Labute approximate surface area is 150 Å². The molecular formula is C16H20ClN5OS. The number of hydrogen-bond donors (Lipinski definition) is 1.